The van der Waals surface area contributed by atoms with Gasteiger partial charge >= 0.3 is 5.97 Å². The maximum atomic E-state index is 13.6. The van der Waals surface area contributed by atoms with E-state index in [1.165, 1.54) is 23.6 Å². The zero-order valence-corrected chi connectivity index (χ0v) is 13.1. The molecule has 0 fully saturated rings. The standard InChI is InChI=1S/C14H12ClFN2O3S/c1-2-21-13(20)11-7-22-14(17-11)18-12(19)6-8-9(15)4-3-5-10(8)16/h3-5,7H,2,6H2,1H3,(H,17,18,19). The molecule has 8 heteroatoms. The van der Waals surface area contributed by atoms with Crippen LogP contribution in [0.5, 0.6) is 0 Å². The summed E-state index contributed by atoms with van der Waals surface area (Å²) in [6.07, 6.45) is -0.222. The molecule has 1 aromatic heterocycles. The number of rotatable bonds is 5. The van der Waals surface area contributed by atoms with E-state index in [1.54, 1.807) is 6.92 Å². The van der Waals surface area contributed by atoms with Crippen LogP contribution in [-0.2, 0) is 16.0 Å². The average Bonchev–Trinajstić information content (AvgIpc) is 2.92. The quantitative estimate of drug-likeness (QED) is 0.846. The van der Waals surface area contributed by atoms with Crippen molar-refractivity contribution in [3.05, 3.63) is 45.7 Å². The number of carbonyl (C=O) groups excluding carboxylic acids is 2. The number of benzene rings is 1. The smallest absolute Gasteiger partial charge is 0.357 e. The van der Waals surface area contributed by atoms with Gasteiger partial charge in [-0.1, -0.05) is 17.7 Å². The molecule has 0 radical (unpaired) electrons. The number of hydrogen-bond acceptors (Lipinski definition) is 5. The van der Waals surface area contributed by atoms with Gasteiger partial charge in [0, 0.05) is 16.0 Å². The maximum absolute atomic E-state index is 13.6. The summed E-state index contributed by atoms with van der Waals surface area (Å²) >= 11 is 6.94. The van der Waals surface area contributed by atoms with Crippen LogP contribution < -0.4 is 5.32 Å². The number of halogens is 2. The largest absolute Gasteiger partial charge is 0.461 e. The third kappa shape index (κ3) is 4.02. The van der Waals surface area contributed by atoms with Crippen molar-refractivity contribution in [2.75, 3.05) is 11.9 Å². The highest BCUT2D eigenvalue weighted by molar-refractivity contribution is 7.14. The van der Waals surface area contributed by atoms with E-state index in [1.807, 2.05) is 0 Å². The molecule has 1 aromatic carbocycles. The normalized spacial score (nSPS) is 10.3. The van der Waals surface area contributed by atoms with E-state index >= 15 is 0 Å². The van der Waals surface area contributed by atoms with Crippen LogP contribution in [0.3, 0.4) is 0 Å². The molecule has 1 N–H and O–H groups in total. The number of nitrogens with one attached hydrogen (secondary N) is 1. The molecule has 0 bridgehead atoms. The molecule has 0 saturated heterocycles. The van der Waals surface area contributed by atoms with E-state index < -0.39 is 17.7 Å². The minimum Gasteiger partial charge on any atom is -0.461 e. The van der Waals surface area contributed by atoms with Crippen molar-refractivity contribution >= 4 is 39.9 Å². The molecule has 0 aliphatic heterocycles. The van der Waals surface area contributed by atoms with E-state index in [4.69, 9.17) is 16.3 Å². The molecule has 116 valence electrons. The highest BCUT2D eigenvalue weighted by atomic mass is 35.5. The van der Waals surface area contributed by atoms with Crippen molar-refractivity contribution < 1.29 is 18.7 Å². The lowest BCUT2D eigenvalue weighted by molar-refractivity contribution is -0.115. The first-order valence-corrected chi connectivity index (χ1v) is 7.62. The fraction of sp³-hybridized carbons (Fsp3) is 0.214. The number of esters is 1. The first-order valence-electron chi connectivity index (χ1n) is 6.36. The van der Waals surface area contributed by atoms with Gasteiger partial charge in [-0.2, -0.15) is 0 Å². The third-order valence-electron chi connectivity index (χ3n) is 2.63. The molecule has 0 saturated carbocycles. The molecule has 2 rings (SSSR count). The van der Waals surface area contributed by atoms with Gasteiger partial charge in [0.2, 0.25) is 5.91 Å². The predicted octanol–water partition coefficient (Wildman–Crippen LogP) is 3.29. The second-order valence-corrected chi connectivity index (χ2v) is 5.45. The van der Waals surface area contributed by atoms with Crippen molar-refractivity contribution in [2.24, 2.45) is 0 Å². The zero-order chi connectivity index (χ0) is 16.1. The topological polar surface area (TPSA) is 68.3 Å². The summed E-state index contributed by atoms with van der Waals surface area (Å²) in [6, 6.07) is 4.21. The minimum absolute atomic E-state index is 0.115. The molecule has 0 unspecified atom stereocenters. The van der Waals surface area contributed by atoms with Crippen molar-refractivity contribution in [3.63, 3.8) is 0 Å². The molecule has 1 amide bonds. The van der Waals surface area contributed by atoms with Gasteiger partial charge in [0.25, 0.3) is 0 Å². The van der Waals surface area contributed by atoms with Crippen molar-refractivity contribution in [1.82, 2.24) is 4.98 Å². The van der Waals surface area contributed by atoms with Crippen LogP contribution in [0.4, 0.5) is 9.52 Å². The number of nitrogens with zero attached hydrogens (tertiary/aromatic N) is 1. The van der Waals surface area contributed by atoms with Gasteiger partial charge in [0.1, 0.15) is 5.82 Å². The Hall–Kier alpha value is -1.99. The molecule has 5 nitrogen and oxygen atoms in total. The first kappa shape index (κ1) is 16.4. The minimum atomic E-state index is -0.559. The fourth-order valence-corrected chi connectivity index (χ4v) is 2.58. The SMILES string of the molecule is CCOC(=O)c1csc(NC(=O)Cc2c(F)cccc2Cl)n1. The van der Waals surface area contributed by atoms with Gasteiger partial charge in [-0.15, -0.1) is 11.3 Å². The zero-order valence-electron chi connectivity index (χ0n) is 11.6. The van der Waals surface area contributed by atoms with Gasteiger partial charge in [-0.25, -0.2) is 14.2 Å². The molecule has 0 atom stereocenters. The first-order chi connectivity index (χ1) is 10.5. The molecule has 0 aliphatic carbocycles. The Kier molecular flexibility index (Phi) is 5.46. The summed E-state index contributed by atoms with van der Waals surface area (Å²) in [5.41, 5.74) is 0.231. The van der Waals surface area contributed by atoms with Crippen molar-refractivity contribution in [1.29, 1.82) is 0 Å². The number of ether oxygens (including phenoxy) is 1. The molecule has 1 heterocycles. The van der Waals surface area contributed by atoms with Crippen LogP contribution in [0.1, 0.15) is 23.0 Å². The van der Waals surface area contributed by atoms with E-state index in [9.17, 15) is 14.0 Å². The Morgan fingerprint density at radius 3 is 2.91 bits per heavy atom. The van der Waals surface area contributed by atoms with E-state index in [2.05, 4.69) is 10.3 Å². The number of aromatic nitrogens is 1. The summed E-state index contributed by atoms with van der Waals surface area (Å²) < 4.78 is 18.4. The second kappa shape index (κ2) is 7.33. The Morgan fingerprint density at radius 2 is 2.23 bits per heavy atom. The molecular weight excluding hydrogens is 331 g/mol. The monoisotopic (exact) mass is 342 g/mol. The van der Waals surface area contributed by atoms with Gasteiger partial charge in [0.15, 0.2) is 10.8 Å². The summed E-state index contributed by atoms with van der Waals surface area (Å²) in [7, 11) is 0. The summed E-state index contributed by atoms with van der Waals surface area (Å²) in [4.78, 5) is 27.3. The molecule has 22 heavy (non-hydrogen) atoms. The highest BCUT2D eigenvalue weighted by Crippen LogP contribution is 2.21. The van der Waals surface area contributed by atoms with E-state index in [0.717, 1.165) is 11.3 Å². The Labute approximate surface area is 135 Å². The van der Waals surface area contributed by atoms with Crippen LogP contribution in [-0.4, -0.2) is 23.5 Å². The van der Waals surface area contributed by atoms with Gasteiger partial charge in [0.05, 0.1) is 13.0 Å². The second-order valence-electron chi connectivity index (χ2n) is 4.18. The van der Waals surface area contributed by atoms with E-state index in [-0.39, 0.29) is 34.4 Å². The van der Waals surface area contributed by atoms with Crippen molar-refractivity contribution in [3.8, 4) is 0 Å². The van der Waals surface area contributed by atoms with Crippen LogP contribution in [0.25, 0.3) is 0 Å². The van der Waals surface area contributed by atoms with Crippen LogP contribution in [0, 0.1) is 5.82 Å². The number of thiazole rings is 1. The summed E-state index contributed by atoms with van der Waals surface area (Å²) in [6.45, 7) is 1.93. The fourth-order valence-electron chi connectivity index (χ4n) is 1.66. The Balaban J connectivity index is 2.02. The van der Waals surface area contributed by atoms with Gasteiger partial charge in [-0.05, 0) is 19.1 Å². The summed E-state index contributed by atoms with van der Waals surface area (Å²) in [5.74, 6) is -1.58. The summed E-state index contributed by atoms with van der Waals surface area (Å²) in [5, 5.41) is 4.39. The maximum Gasteiger partial charge on any atom is 0.357 e. The van der Waals surface area contributed by atoms with E-state index in [0.29, 0.717) is 0 Å². The van der Waals surface area contributed by atoms with Gasteiger partial charge < -0.3 is 10.1 Å². The lowest BCUT2D eigenvalue weighted by atomic mass is 10.1. The van der Waals surface area contributed by atoms with Crippen molar-refractivity contribution in [2.45, 2.75) is 13.3 Å². The number of hydrogen-bond donors (Lipinski definition) is 1. The predicted molar refractivity (Wildman–Crippen MR) is 81.8 cm³/mol. The van der Waals surface area contributed by atoms with Crippen LogP contribution in [0.2, 0.25) is 5.02 Å². The Bertz CT molecular complexity index is 685. The molecular formula is C14H12ClFN2O3S. The Morgan fingerprint density at radius 1 is 1.45 bits per heavy atom. The lowest BCUT2D eigenvalue weighted by Gasteiger charge is -2.05. The van der Waals surface area contributed by atoms with Crippen LogP contribution >= 0.6 is 22.9 Å². The third-order valence-corrected chi connectivity index (χ3v) is 3.75. The average molecular weight is 343 g/mol. The lowest BCUT2D eigenvalue weighted by Crippen LogP contribution is -2.15. The molecule has 2 aromatic rings. The number of amides is 1. The van der Waals surface area contributed by atoms with Gasteiger partial charge in [-0.3, -0.25) is 4.79 Å². The molecule has 0 spiro atoms. The number of anilines is 1. The number of carbonyl (C=O) groups is 2. The molecule has 0 aliphatic rings. The highest BCUT2D eigenvalue weighted by Gasteiger charge is 2.15. The van der Waals surface area contributed by atoms with Crippen LogP contribution in [0.15, 0.2) is 23.6 Å².